The number of rotatable bonds is 5. The smallest absolute Gasteiger partial charge is 0.0577 e. The number of aliphatic hydroxyl groups is 1. The number of aliphatic hydroxyl groups excluding tert-OH is 1. The Hall–Kier alpha value is -0.560. The molecule has 4 aliphatic carbocycles. The maximum absolute atomic E-state index is 10.3. The molecule has 3 fully saturated rings. The van der Waals surface area contributed by atoms with E-state index in [0.29, 0.717) is 16.7 Å². The van der Waals surface area contributed by atoms with Crippen molar-refractivity contribution in [3.05, 3.63) is 23.8 Å². The van der Waals surface area contributed by atoms with Crippen LogP contribution in [0.2, 0.25) is 0 Å². The lowest BCUT2D eigenvalue weighted by Gasteiger charge is -2.62. The monoisotopic (exact) mass is 426 g/mol. The predicted molar refractivity (Wildman–Crippen MR) is 133 cm³/mol. The highest BCUT2D eigenvalue weighted by Gasteiger charge is 2.57. The van der Waals surface area contributed by atoms with Gasteiger partial charge in [0.1, 0.15) is 0 Å². The molecule has 1 heteroatoms. The Balaban J connectivity index is 1.55. The van der Waals surface area contributed by atoms with E-state index >= 15 is 0 Å². The maximum Gasteiger partial charge on any atom is 0.0577 e. The molecule has 0 bridgehead atoms. The predicted octanol–water partition coefficient (Wildman–Crippen LogP) is 8.19. The summed E-state index contributed by atoms with van der Waals surface area (Å²) < 4.78 is 0. The zero-order valence-corrected chi connectivity index (χ0v) is 21.4. The molecule has 4 aliphatic rings. The van der Waals surface area contributed by atoms with Crippen LogP contribution in [0.15, 0.2) is 23.8 Å². The van der Waals surface area contributed by atoms with Crippen LogP contribution in [-0.4, -0.2) is 11.2 Å². The van der Waals surface area contributed by atoms with Gasteiger partial charge in [0.25, 0.3) is 0 Å². The van der Waals surface area contributed by atoms with Crippen molar-refractivity contribution >= 4 is 0 Å². The minimum absolute atomic E-state index is 0.0887. The second kappa shape index (κ2) is 9.00. The van der Waals surface area contributed by atoms with Gasteiger partial charge >= 0.3 is 0 Å². The molecule has 0 saturated heterocycles. The number of hydrogen-bond donors (Lipinski definition) is 1. The fraction of sp³-hybridized carbons (Fsp3) is 0.867. The lowest BCUT2D eigenvalue weighted by molar-refractivity contribution is -0.104. The fourth-order valence-electron chi connectivity index (χ4n) is 9.03. The molecule has 9 atom stereocenters. The number of hydrogen-bond acceptors (Lipinski definition) is 1. The van der Waals surface area contributed by atoms with Gasteiger partial charge in [-0.3, -0.25) is 0 Å². The van der Waals surface area contributed by atoms with E-state index in [-0.39, 0.29) is 6.10 Å². The molecule has 0 heterocycles. The van der Waals surface area contributed by atoms with Crippen LogP contribution in [0.3, 0.4) is 0 Å². The third-order valence-electron chi connectivity index (χ3n) is 11.0. The molecule has 176 valence electrons. The first-order valence-electron chi connectivity index (χ1n) is 13.8. The van der Waals surface area contributed by atoms with Crippen molar-refractivity contribution < 1.29 is 5.11 Å². The molecule has 0 aromatic carbocycles. The molecule has 31 heavy (non-hydrogen) atoms. The second-order valence-corrected chi connectivity index (χ2v) is 12.8. The van der Waals surface area contributed by atoms with Gasteiger partial charge in [-0.1, -0.05) is 71.8 Å². The largest absolute Gasteiger partial charge is 0.393 e. The third-order valence-corrected chi connectivity index (χ3v) is 11.0. The molecule has 0 amide bonds. The van der Waals surface area contributed by atoms with E-state index in [1.807, 2.05) is 0 Å². The molecule has 0 aliphatic heterocycles. The van der Waals surface area contributed by atoms with Crippen molar-refractivity contribution in [2.24, 2.45) is 52.3 Å². The van der Waals surface area contributed by atoms with Gasteiger partial charge in [-0.05, 0) is 110 Å². The highest BCUT2D eigenvalue weighted by Crippen LogP contribution is 2.65. The van der Waals surface area contributed by atoms with E-state index in [0.717, 1.165) is 48.3 Å². The zero-order chi connectivity index (χ0) is 22.4. The van der Waals surface area contributed by atoms with Gasteiger partial charge in [0.2, 0.25) is 0 Å². The molecule has 3 saturated carbocycles. The minimum atomic E-state index is -0.0887. The van der Waals surface area contributed by atoms with Crippen LogP contribution in [0.25, 0.3) is 0 Å². The molecule has 1 N–H and O–H groups in total. The molecule has 0 spiro atoms. The quantitative estimate of drug-likeness (QED) is 0.439. The van der Waals surface area contributed by atoms with Gasteiger partial charge in [-0.25, -0.2) is 0 Å². The SMILES string of the molecule is CC[C@H](/C=C/[C@@H](C)[C@H]1CCC[C@H]2[C@@H]3CC=C4C[C@@H](O)CC[C@]4(C)[C@H]3CC[C@]12C)C(C)C. The third kappa shape index (κ3) is 4.11. The fourth-order valence-corrected chi connectivity index (χ4v) is 9.03. The van der Waals surface area contributed by atoms with E-state index in [2.05, 4.69) is 59.8 Å². The van der Waals surface area contributed by atoms with E-state index in [9.17, 15) is 5.11 Å². The first kappa shape index (κ1) is 23.6. The topological polar surface area (TPSA) is 20.2 Å². The molecular weight excluding hydrogens is 376 g/mol. The Morgan fingerprint density at radius 1 is 1.03 bits per heavy atom. The van der Waals surface area contributed by atoms with Gasteiger partial charge in [0.05, 0.1) is 6.10 Å². The van der Waals surface area contributed by atoms with E-state index in [4.69, 9.17) is 0 Å². The Morgan fingerprint density at radius 3 is 2.52 bits per heavy atom. The summed E-state index contributed by atoms with van der Waals surface area (Å²) in [5, 5.41) is 10.3. The van der Waals surface area contributed by atoms with E-state index < -0.39 is 0 Å². The van der Waals surface area contributed by atoms with E-state index in [1.54, 1.807) is 5.57 Å². The van der Waals surface area contributed by atoms with Crippen molar-refractivity contribution in [1.82, 2.24) is 0 Å². The van der Waals surface area contributed by atoms with E-state index in [1.165, 1.54) is 51.4 Å². The van der Waals surface area contributed by atoms with Crippen LogP contribution in [0.4, 0.5) is 0 Å². The van der Waals surface area contributed by atoms with Crippen LogP contribution in [-0.2, 0) is 0 Å². The number of allylic oxidation sites excluding steroid dienone is 3. The summed E-state index contributed by atoms with van der Waals surface area (Å²) >= 11 is 0. The van der Waals surface area contributed by atoms with Crippen LogP contribution < -0.4 is 0 Å². The first-order valence-corrected chi connectivity index (χ1v) is 13.8. The molecular formula is C30H50O. The Bertz CT molecular complexity index is 689. The highest BCUT2D eigenvalue weighted by molar-refractivity contribution is 5.25. The molecule has 0 unspecified atom stereocenters. The van der Waals surface area contributed by atoms with Gasteiger partial charge in [-0.15, -0.1) is 0 Å². The van der Waals surface area contributed by atoms with Crippen LogP contribution in [0, 0.1) is 52.3 Å². The normalized spacial score (nSPS) is 44.9. The first-order chi connectivity index (χ1) is 14.7. The highest BCUT2D eigenvalue weighted by atomic mass is 16.3. The molecule has 0 aromatic rings. The molecule has 0 radical (unpaired) electrons. The maximum atomic E-state index is 10.3. The average molecular weight is 427 g/mol. The second-order valence-electron chi connectivity index (χ2n) is 12.8. The van der Waals surface area contributed by atoms with Gasteiger partial charge in [-0.2, -0.15) is 0 Å². The standard InChI is InChI=1S/C30H50O/c1-7-22(20(2)3)12-11-21(4)26-9-8-10-27-25-14-13-23-19-24(31)15-17-29(23,5)28(25)16-18-30(26,27)6/h11-13,20-22,24-28,31H,7-10,14-19H2,1-6H3/b12-11+/t21-,22-,24+,25+,26-,27+,28+,29+,30-/m1/s1. The molecule has 1 nitrogen and oxygen atoms in total. The summed E-state index contributed by atoms with van der Waals surface area (Å²) in [6.07, 6.45) is 20.5. The summed E-state index contributed by atoms with van der Waals surface area (Å²) in [5.74, 6) is 5.65. The van der Waals surface area contributed by atoms with Crippen molar-refractivity contribution in [2.75, 3.05) is 0 Å². The summed E-state index contributed by atoms with van der Waals surface area (Å²) in [5.41, 5.74) is 2.49. The van der Waals surface area contributed by atoms with Crippen molar-refractivity contribution in [2.45, 2.75) is 112 Å². The average Bonchev–Trinajstić information content (AvgIpc) is 2.73. The van der Waals surface area contributed by atoms with Gasteiger partial charge in [0, 0.05) is 0 Å². The summed E-state index contributed by atoms with van der Waals surface area (Å²) in [6.45, 7) is 14.9. The minimum Gasteiger partial charge on any atom is -0.393 e. The Labute approximate surface area is 193 Å². The summed E-state index contributed by atoms with van der Waals surface area (Å²) in [4.78, 5) is 0. The summed E-state index contributed by atoms with van der Waals surface area (Å²) in [7, 11) is 0. The van der Waals surface area contributed by atoms with Crippen molar-refractivity contribution in [1.29, 1.82) is 0 Å². The molecule has 0 aromatic heterocycles. The van der Waals surface area contributed by atoms with Gasteiger partial charge in [0.15, 0.2) is 0 Å². The zero-order valence-electron chi connectivity index (χ0n) is 21.4. The van der Waals surface area contributed by atoms with Crippen molar-refractivity contribution in [3.8, 4) is 0 Å². The van der Waals surface area contributed by atoms with Crippen LogP contribution >= 0.6 is 0 Å². The number of fused-ring (bicyclic) bond motifs is 5. The Kier molecular flexibility index (Phi) is 6.85. The lowest BCUT2D eigenvalue weighted by atomic mass is 9.43. The lowest BCUT2D eigenvalue weighted by Crippen LogP contribution is -2.54. The molecule has 4 rings (SSSR count). The van der Waals surface area contributed by atoms with Crippen molar-refractivity contribution in [3.63, 3.8) is 0 Å². The van der Waals surface area contributed by atoms with Gasteiger partial charge < -0.3 is 5.11 Å². The van der Waals surface area contributed by atoms with Crippen LogP contribution in [0.1, 0.15) is 106 Å². The Morgan fingerprint density at radius 2 is 1.81 bits per heavy atom. The summed E-state index contributed by atoms with van der Waals surface area (Å²) in [6, 6.07) is 0. The van der Waals surface area contributed by atoms with Crippen LogP contribution in [0.5, 0.6) is 0 Å².